The minimum atomic E-state index is -1.47. The average Bonchev–Trinajstić information content (AvgIpc) is 2.42. The van der Waals surface area contributed by atoms with Crippen molar-refractivity contribution in [2.24, 2.45) is 11.3 Å². The molecule has 0 aliphatic heterocycles. The van der Waals surface area contributed by atoms with Crippen LogP contribution in [0.3, 0.4) is 0 Å². The molecular weight excluding hydrogens is 256 g/mol. The van der Waals surface area contributed by atoms with Crippen molar-refractivity contribution in [2.45, 2.75) is 59.3 Å². The van der Waals surface area contributed by atoms with E-state index in [1.54, 1.807) is 0 Å². The Morgan fingerprint density at radius 3 is 2.35 bits per heavy atom. The highest BCUT2D eigenvalue weighted by atomic mass is 16.5. The molecule has 0 radical (unpaired) electrons. The second-order valence-corrected chi connectivity index (χ2v) is 5.29. The van der Waals surface area contributed by atoms with Crippen LogP contribution in [0.25, 0.3) is 0 Å². The topological polar surface area (TPSA) is 63.6 Å². The van der Waals surface area contributed by atoms with E-state index in [1.165, 1.54) is 6.08 Å². The van der Waals surface area contributed by atoms with Crippen LogP contribution in [0.5, 0.6) is 0 Å². The van der Waals surface area contributed by atoms with Gasteiger partial charge in [-0.2, -0.15) is 0 Å². The molecule has 0 aromatic rings. The third kappa shape index (κ3) is 4.99. The van der Waals surface area contributed by atoms with E-state index in [1.807, 2.05) is 13.8 Å². The van der Waals surface area contributed by atoms with Gasteiger partial charge in [-0.3, -0.25) is 9.59 Å². The van der Waals surface area contributed by atoms with Gasteiger partial charge in [0.1, 0.15) is 0 Å². The van der Waals surface area contributed by atoms with Crippen LogP contribution in [0.4, 0.5) is 0 Å². The lowest BCUT2D eigenvalue weighted by atomic mass is 9.80. The molecule has 20 heavy (non-hydrogen) atoms. The summed E-state index contributed by atoms with van der Waals surface area (Å²) in [5.74, 6) is -1.44. The van der Waals surface area contributed by atoms with Gasteiger partial charge in [-0.15, -0.1) is 6.58 Å². The summed E-state index contributed by atoms with van der Waals surface area (Å²) in [6.07, 6.45) is 5.42. The Morgan fingerprint density at radius 1 is 1.30 bits per heavy atom. The van der Waals surface area contributed by atoms with Crippen LogP contribution >= 0.6 is 0 Å². The fraction of sp³-hybridized carbons (Fsp3) is 0.750. The number of carbonyl (C=O) groups is 2. The number of hydrogen-bond acceptors (Lipinski definition) is 3. The lowest BCUT2D eigenvalue weighted by Gasteiger charge is -2.26. The maximum absolute atomic E-state index is 12.3. The summed E-state index contributed by atoms with van der Waals surface area (Å²) in [4.78, 5) is 23.8. The molecule has 0 bridgehead atoms. The molecule has 0 heterocycles. The predicted octanol–water partition coefficient (Wildman–Crippen LogP) is 3.80. The molecule has 0 rings (SSSR count). The van der Waals surface area contributed by atoms with Gasteiger partial charge in [0.05, 0.1) is 6.61 Å². The Morgan fingerprint density at radius 2 is 1.95 bits per heavy atom. The number of esters is 1. The fourth-order valence-corrected chi connectivity index (χ4v) is 2.39. The zero-order valence-corrected chi connectivity index (χ0v) is 13.0. The fourth-order valence-electron chi connectivity index (χ4n) is 2.39. The Kier molecular flexibility index (Phi) is 8.93. The van der Waals surface area contributed by atoms with Crippen molar-refractivity contribution in [3.8, 4) is 0 Å². The SMILES string of the molecule is C=CCC(CCC)(C(=O)O)C(=O)OCC(CC)CCC. The van der Waals surface area contributed by atoms with Crippen molar-refractivity contribution in [3.05, 3.63) is 12.7 Å². The molecule has 4 heteroatoms. The minimum Gasteiger partial charge on any atom is -0.480 e. The average molecular weight is 284 g/mol. The molecule has 4 nitrogen and oxygen atoms in total. The summed E-state index contributed by atoms with van der Waals surface area (Å²) in [5, 5.41) is 9.43. The first-order valence-electron chi connectivity index (χ1n) is 7.49. The Hall–Kier alpha value is -1.32. The molecule has 0 amide bonds. The van der Waals surface area contributed by atoms with E-state index < -0.39 is 17.4 Å². The molecule has 0 aromatic carbocycles. The van der Waals surface area contributed by atoms with E-state index in [2.05, 4.69) is 13.5 Å². The summed E-state index contributed by atoms with van der Waals surface area (Å²) < 4.78 is 5.31. The Labute approximate surface area is 122 Å². The minimum absolute atomic E-state index is 0.111. The Bertz CT molecular complexity index is 324. The normalized spacial score (nSPS) is 15.2. The predicted molar refractivity (Wildman–Crippen MR) is 79.4 cm³/mol. The van der Waals surface area contributed by atoms with Gasteiger partial charge in [0.15, 0.2) is 5.41 Å². The van der Waals surface area contributed by atoms with Crippen molar-refractivity contribution >= 4 is 11.9 Å². The van der Waals surface area contributed by atoms with E-state index in [9.17, 15) is 14.7 Å². The highest BCUT2D eigenvalue weighted by Crippen LogP contribution is 2.31. The maximum atomic E-state index is 12.3. The number of carboxylic acid groups (broad SMARTS) is 1. The van der Waals surface area contributed by atoms with Crippen LogP contribution in [0.2, 0.25) is 0 Å². The third-order valence-corrected chi connectivity index (χ3v) is 3.69. The van der Waals surface area contributed by atoms with Crippen LogP contribution in [-0.2, 0) is 14.3 Å². The second kappa shape index (κ2) is 9.56. The zero-order valence-electron chi connectivity index (χ0n) is 13.0. The Balaban J connectivity index is 4.86. The van der Waals surface area contributed by atoms with Gasteiger partial charge in [0, 0.05) is 0 Å². The number of allylic oxidation sites excluding steroid dienone is 1. The summed E-state index contributed by atoms with van der Waals surface area (Å²) in [6, 6.07) is 0. The molecule has 116 valence electrons. The molecule has 0 spiro atoms. The maximum Gasteiger partial charge on any atom is 0.323 e. The number of carbonyl (C=O) groups excluding carboxylic acids is 1. The molecule has 0 aliphatic carbocycles. The van der Waals surface area contributed by atoms with Gasteiger partial charge in [0.2, 0.25) is 0 Å². The third-order valence-electron chi connectivity index (χ3n) is 3.69. The number of carboxylic acids is 1. The van der Waals surface area contributed by atoms with Gasteiger partial charge in [0.25, 0.3) is 0 Å². The lowest BCUT2D eigenvalue weighted by molar-refractivity contribution is -0.170. The molecule has 1 N–H and O–H groups in total. The van der Waals surface area contributed by atoms with Crippen LogP contribution in [-0.4, -0.2) is 23.7 Å². The van der Waals surface area contributed by atoms with Gasteiger partial charge in [-0.25, -0.2) is 0 Å². The van der Waals surface area contributed by atoms with Gasteiger partial charge in [-0.1, -0.05) is 46.1 Å². The molecule has 0 saturated carbocycles. The van der Waals surface area contributed by atoms with Crippen LogP contribution in [0, 0.1) is 11.3 Å². The second-order valence-electron chi connectivity index (χ2n) is 5.29. The van der Waals surface area contributed by atoms with Gasteiger partial charge >= 0.3 is 11.9 Å². The molecule has 2 atom stereocenters. The van der Waals surface area contributed by atoms with Gasteiger partial charge < -0.3 is 9.84 Å². The van der Waals surface area contributed by atoms with Crippen molar-refractivity contribution in [2.75, 3.05) is 6.61 Å². The van der Waals surface area contributed by atoms with E-state index >= 15 is 0 Å². The van der Waals surface area contributed by atoms with Gasteiger partial charge in [-0.05, 0) is 25.2 Å². The summed E-state index contributed by atoms with van der Waals surface area (Å²) in [7, 11) is 0. The molecular formula is C16H28O4. The standard InChI is InChI=1S/C16H28O4/c1-5-9-13(8-4)12-20-15(19)16(10-6-2,11-7-3)14(17)18/h6,13H,2,5,7-12H2,1,3-4H3,(H,17,18). The number of aliphatic carboxylic acids is 1. The number of rotatable bonds is 11. The van der Waals surface area contributed by atoms with E-state index in [0.29, 0.717) is 18.9 Å². The largest absolute Gasteiger partial charge is 0.480 e. The van der Waals surface area contributed by atoms with E-state index in [4.69, 9.17) is 4.74 Å². The monoisotopic (exact) mass is 284 g/mol. The first-order valence-corrected chi connectivity index (χ1v) is 7.49. The highest BCUT2D eigenvalue weighted by Gasteiger charge is 2.46. The number of hydrogen-bond donors (Lipinski definition) is 1. The van der Waals surface area contributed by atoms with Crippen LogP contribution in [0.15, 0.2) is 12.7 Å². The summed E-state index contributed by atoms with van der Waals surface area (Å²) >= 11 is 0. The summed E-state index contributed by atoms with van der Waals surface area (Å²) in [6.45, 7) is 9.86. The van der Waals surface area contributed by atoms with Crippen molar-refractivity contribution in [3.63, 3.8) is 0 Å². The first-order chi connectivity index (χ1) is 9.48. The van der Waals surface area contributed by atoms with E-state index in [0.717, 1.165) is 19.3 Å². The molecule has 0 aromatic heterocycles. The highest BCUT2D eigenvalue weighted by molar-refractivity contribution is 5.99. The van der Waals surface area contributed by atoms with Crippen LogP contribution < -0.4 is 0 Å². The zero-order chi connectivity index (χ0) is 15.6. The molecule has 0 fully saturated rings. The van der Waals surface area contributed by atoms with Crippen LogP contribution in [0.1, 0.15) is 59.3 Å². The first kappa shape index (κ1) is 18.7. The van der Waals surface area contributed by atoms with Crippen molar-refractivity contribution < 1.29 is 19.4 Å². The number of ether oxygens (including phenoxy) is 1. The van der Waals surface area contributed by atoms with Crippen molar-refractivity contribution in [1.82, 2.24) is 0 Å². The lowest BCUT2D eigenvalue weighted by Crippen LogP contribution is -2.41. The summed E-state index contributed by atoms with van der Waals surface area (Å²) in [5.41, 5.74) is -1.47. The van der Waals surface area contributed by atoms with Crippen molar-refractivity contribution in [1.29, 1.82) is 0 Å². The smallest absolute Gasteiger partial charge is 0.323 e. The quantitative estimate of drug-likeness (QED) is 0.356. The molecule has 2 unspecified atom stereocenters. The van der Waals surface area contributed by atoms with E-state index in [-0.39, 0.29) is 12.8 Å². The molecule has 0 saturated heterocycles. The molecule has 0 aliphatic rings.